The average Bonchev–Trinajstić information content (AvgIpc) is 2.40. The summed E-state index contributed by atoms with van der Waals surface area (Å²) in [6, 6.07) is 7.47. The van der Waals surface area contributed by atoms with Crippen molar-refractivity contribution >= 4 is 22.6 Å². The summed E-state index contributed by atoms with van der Waals surface area (Å²) in [6.45, 7) is 6.15. The molecule has 0 bridgehead atoms. The largest absolute Gasteiger partial charge is 0.497 e. The van der Waals surface area contributed by atoms with Crippen LogP contribution in [-0.2, 0) is 5.41 Å². The monoisotopic (exact) mass is 384 g/mol. The molecule has 0 fully saturated rings. The van der Waals surface area contributed by atoms with Gasteiger partial charge in [-0.1, -0.05) is 20.8 Å². The summed E-state index contributed by atoms with van der Waals surface area (Å²) in [4.78, 5) is 19.5. The normalized spacial score (nSPS) is 11.4. The van der Waals surface area contributed by atoms with Crippen molar-refractivity contribution in [2.24, 2.45) is 0 Å². The van der Waals surface area contributed by atoms with Gasteiger partial charge in [-0.3, -0.25) is 4.79 Å². The molecule has 1 N–H and O–H groups in total. The quantitative estimate of drug-likeness (QED) is 0.809. The predicted molar refractivity (Wildman–Crippen MR) is 88.3 cm³/mol. The fraction of sp³-hybridized carbons (Fsp3) is 0.333. The minimum atomic E-state index is -0.175. The van der Waals surface area contributed by atoms with Gasteiger partial charge in [0.05, 0.1) is 12.8 Å². The summed E-state index contributed by atoms with van der Waals surface area (Å²) in [5.41, 5.74) is 1.40. The van der Waals surface area contributed by atoms with E-state index in [9.17, 15) is 4.79 Å². The second kappa shape index (κ2) is 5.55. The molecule has 2 aromatic rings. The van der Waals surface area contributed by atoms with Gasteiger partial charge in [0, 0.05) is 11.0 Å². The molecular weight excluding hydrogens is 367 g/mol. The number of benzene rings is 1. The number of hydrogen-bond donors (Lipinski definition) is 1. The van der Waals surface area contributed by atoms with Crippen molar-refractivity contribution in [3.05, 3.63) is 43.9 Å². The van der Waals surface area contributed by atoms with Crippen molar-refractivity contribution in [2.75, 3.05) is 7.11 Å². The Morgan fingerprint density at radius 1 is 1.20 bits per heavy atom. The number of nitrogens with one attached hydrogen (secondary N) is 1. The number of hydrogen-bond acceptors (Lipinski definition) is 3. The Hall–Kier alpha value is -1.37. The Morgan fingerprint density at radius 2 is 1.80 bits per heavy atom. The van der Waals surface area contributed by atoms with E-state index in [1.165, 1.54) is 0 Å². The van der Waals surface area contributed by atoms with Gasteiger partial charge < -0.3 is 9.72 Å². The molecule has 0 radical (unpaired) electrons. The Balaban J connectivity index is 2.57. The zero-order chi connectivity index (χ0) is 14.9. The van der Waals surface area contributed by atoms with Crippen LogP contribution in [0.4, 0.5) is 0 Å². The van der Waals surface area contributed by atoms with Crippen molar-refractivity contribution < 1.29 is 4.74 Å². The highest BCUT2D eigenvalue weighted by Gasteiger charge is 2.22. The number of aromatic amines is 1. The summed E-state index contributed by atoms with van der Waals surface area (Å²) in [7, 11) is 1.62. The number of aromatic nitrogens is 2. The van der Waals surface area contributed by atoms with Gasteiger partial charge in [0.25, 0.3) is 5.56 Å². The molecule has 0 saturated carbocycles. The van der Waals surface area contributed by atoms with Crippen LogP contribution in [0.15, 0.2) is 29.1 Å². The van der Waals surface area contributed by atoms with E-state index >= 15 is 0 Å². The van der Waals surface area contributed by atoms with Crippen molar-refractivity contribution in [1.29, 1.82) is 0 Å². The molecule has 1 heterocycles. The minimum Gasteiger partial charge on any atom is -0.497 e. The van der Waals surface area contributed by atoms with Crippen molar-refractivity contribution in [1.82, 2.24) is 9.97 Å². The Bertz CT molecular complexity index is 670. The van der Waals surface area contributed by atoms with Crippen LogP contribution < -0.4 is 10.3 Å². The molecule has 5 heteroatoms. The maximum Gasteiger partial charge on any atom is 0.264 e. The molecule has 0 saturated heterocycles. The first-order valence-corrected chi connectivity index (χ1v) is 7.35. The molecule has 0 aliphatic rings. The van der Waals surface area contributed by atoms with Gasteiger partial charge in [-0.15, -0.1) is 0 Å². The predicted octanol–water partition coefficient (Wildman–Crippen LogP) is 3.35. The summed E-state index contributed by atoms with van der Waals surface area (Å²) < 4.78 is 5.78. The number of nitrogens with zero attached hydrogens (tertiary/aromatic N) is 1. The molecule has 0 atom stereocenters. The second-order valence-electron chi connectivity index (χ2n) is 5.56. The van der Waals surface area contributed by atoms with Crippen LogP contribution in [0.5, 0.6) is 5.75 Å². The molecule has 4 nitrogen and oxygen atoms in total. The second-order valence-corrected chi connectivity index (χ2v) is 6.63. The first kappa shape index (κ1) is 15.0. The minimum absolute atomic E-state index is 0.101. The van der Waals surface area contributed by atoms with Crippen molar-refractivity contribution in [3.8, 4) is 17.1 Å². The molecule has 2 rings (SSSR count). The number of rotatable bonds is 2. The third-order valence-corrected chi connectivity index (χ3v) is 3.94. The lowest BCUT2D eigenvalue weighted by atomic mass is 9.92. The van der Waals surface area contributed by atoms with Crippen molar-refractivity contribution in [2.45, 2.75) is 26.2 Å². The van der Waals surface area contributed by atoms with Gasteiger partial charge in [0.15, 0.2) is 0 Å². The zero-order valence-electron chi connectivity index (χ0n) is 12.0. The fourth-order valence-corrected chi connectivity index (χ4v) is 2.91. The summed E-state index contributed by atoms with van der Waals surface area (Å²) in [6.07, 6.45) is 0. The number of methoxy groups -OCH3 is 1. The van der Waals surface area contributed by atoms with E-state index in [4.69, 9.17) is 4.74 Å². The molecule has 1 aromatic carbocycles. The van der Waals surface area contributed by atoms with Crippen LogP contribution in [0.2, 0.25) is 0 Å². The Labute approximate surface area is 131 Å². The van der Waals surface area contributed by atoms with E-state index in [1.54, 1.807) is 7.11 Å². The third kappa shape index (κ3) is 3.03. The van der Waals surface area contributed by atoms with Crippen LogP contribution in [0.3, 0.4) is 0 Å². The first-order valence-electron chi connectivity index (χ1n) is 6.27. The molecule has 0 unspecified atom stereocenters. The van der Waals surface area contributed by atoms with Crippen LogP contribution in [0.25, 0.3) is 11.4 Å². The Morgan fingerprint density at radius 3 is 2.30 bits per heavy atom. The molecular formula is C15H17IN2O2. The van der Waals surface area contributed by atoms with Gasteiger partial charge in [-0.2, -0.15) is 0 Å². The van der Waals surface area contributed by atoms with Crippen LogP contribution >= 0.6 is 22.6 Å². The first-order chi connectivity index (χ1) is 9.32. The van der Waals surface area contributed by atoms with Gasteiger partial charge in [0.1, 0.15) is 15.1 Å². The summed E-state index contributed by atoms with van der Waals surface area (Å²) in [5, 5.41) is 0. The highest BCUT2D eigenvalue weighted by Crippen LogP contribution is 2.26. The van der Waals surface area contributed by atoms with Gasteiger partial charge in [-0.25, -0.2) is 4.98 Å². The highest BCUT2D eigenvalue weighted by molar-refractivity contribution is 14.1. The number of ether oxygens (including phenoxy) is 1. The maximum absolute atomic E-state index is 12.1. The molecule has 0 aliphatic heterocycles. The number of H-pyrrole nitrogens is 1. The lowest BCUT2D eigenvalue weighted by Crippen LogP contribution is -2.24. The van der Waals surface area contributed by atoms with Crippen LogP contribution in [-0.4, -0.2) is 17.1 Å². The zero-order valence-corrected chi connectivity index (χ0v) is 14.1. The van der Waals surface area contributed by atoms with Gasteiger partial charge in [-0.05, 0) is 46.9 Å². The van der Waals surface area contributed by atoms with Gasteiger partial charge in [0.2, 0.25) is 0 Å². The van der Waals surface area contributed by atoms with E-state index in [0.717, 1.165) is 17.0 Å². The van der Waals surface area contributed by atoms with E-state index in [0.29, 0.717) is 9.39 Å². The smallest absolute Gasteiger partial charge is 0.264 e. The molecule has 106 valence electrons. The lowest BCUT2D eigenvalue weighted by Gasteiger charge is -2.19. The lowest BCUT2D eigenvalue weighted by molar-refractivity contribution is 0.415. The summed E-state index contributed by atoms with van der Waals surface area (Å²) in [5.74, 6) is 1.36. The summed E-state index contributed by atoms with van der Waals surface area (Å²) >= 11 is 2.05. The highest BCUT2D eigenvalue weighted by atomic mass is 127. The average molecular weight is 384 g/mol. The van der Waals surface area contributed by atoms with E-state index in [2.05, 4.69) is 53.3 Å². The molecule has 0 aliphatic carbocycles. The van der Waals surface area contributed by atoms with E-state index < -0.39 is 0 Å². The van der Waals surface area contributed by atoms with Crippen molar-refractivity contribution in [3.63, 3.8) is 0 Å². The van der Waals surface area contributed by atoms with E-state index in [1.807, 2.05) is 24.3 Å². The molecule has 0 amide bonds. The maximum atomic E-state index is 12.1. The third-order valence-electron chi connectivity index (χ3n) is 2.94. The van der Waals surface area contributed by atoms with E-state index in [-0.39, 0.29) is 11.0 Å². The van der Waals surface area contributed by atoms with Gasteiger partial charge >= 0.3 is 0 Å². The SMILES string of the molecule is COc1ccc(-c2nc(C(C)(C)C)c(I)c(=O)[nH]2)cc1. The van der Waals surface area contributed by atoms with Crippen LogP contribution in [0.1, 0.15) is 26.5 Å². The fourth-order valence-electron chi connectivity index (χ4n) is 1.84. The molecule has 0 spiro atoms. The topological polar surface area (TPSA) is 55.0 Å². The molecule has 20 heavy (non-hydrogen) atoms. The van der Waals surface area contributed by atoms with Crippen LogP contribution in [0, 0.1) is 3.57 Å². The number of halogens is 1. The standard InChI is InChI=1S/C15H17IN2O2/c1-15(2,3)12-11(16)14(19)18-13(17-12)9-5-7-10(20-4)8-6-9/h5-8H,1-4H3,(H,17,18,19). The molecule has 1 aromatic heterocycles. The Kier molecular flexibility index (Phi) is 4.17.